The predicted octanol–water partition coefficient (Wildman–Crippen LogP) is 3.28. The number of pyridine rings is 1. The summed E-state index contributed by atoms with van der Waals surface area (Å²) in [5, 5.41) is 3.97. The predicted molar refractivity (Wildman–Crippen MR) is 103 cm³/mol. The van der Waals surface area contributed by atoms with Crippen molar-refractivity contribution in [2.24, 2.45) is 0 Å². The van der Waals surface area contributed by atoms with E-state index in [2.05, 4.69) is 19.8 Å². The van der Waals surface area contributed by atoms with Crippen LogP contribution in [-0.4, -0.2) is 23.5 Å². The maximum absolute atomic E-state index is 12.6. The molecule has 2 aromatic carbocycles. The molecule has 0 bridgehead atoms. The van der Waals surface area contributed by atoms with E-state index in [-0.39, 0.29) is 17.3 Å². The van der Waals surface area contributed by atoms with Gasteiger partial charge in [0.15, 0.2) is 0 Å². The third kappa shape index (κ3) is 3.98. The molecule has 2 aromatic heterocycles. The van der Waals surface area contributed by atoms with Crippen molar-refractivity contribution in [3.05, 3.63) is 84.7 Å². The molecule has 7 nitrogen and oxygen atoms in total. The molecule has 140 valence electrons. The molecule has 4 rings (SSSR count). The Balaban J connectivity index is 1.57. The second kappa shape index (κ2) is 7.71. The van der Waals surface area contributed by atoms with Crippen LogP contribution in [0, 0.1) is 0 Å². The number of nitrogens with zero attached hydrogens (tertiary/aromatic N) is 3. The van der Waals surface area contributed by atoms with Gasteiger partial charge in [-0.15, -0.1) is 0 Å². The summed E-state index contributed by atoms with van der Waals surface area (Å²) in [5.74, 6) is 0.696. The van der Waals surface area contributed by atoms with Gasteiger partial charge in [-0.25, -0.2) is 13.1 Å². The lowest BCUT2D eigenvalue weighted by Gasteiger charge is -2.07. The number of benzene rings is 2. The second-order valence-electron chi connectivity index (χ2n) is 6.00. The Morgan fingerprint density at radius 3 is 2.54 bits per heavy atom. The van der Waals surface area contributed by atoms with Gasteiger partial charge >= 0.3 is 0 Å². The van der Waals surface area contributed by atoms with Gasteiger partial charge in [-0.05, 0) is 29.8 Å². The molecule has 0 saturated heterocycles. The minimum Gasteiger partial charge on any atom is -0.334 e. The van der Waals surface area contributed by atoms with E-state index in [1.54, 1.807) is 36.7 Å². The molecule has 4 aromatic rings. The van der Waals surface area contributed by atoms with Crippen molar-refractivity contribution in [3.63, 3.8) is 0 Å². The summed E-state index contributed by atoms with van der Waals surface area (Å²) in [6.45, 7) is 0.152. The van der Waals surface area contributed by atoms with Crippen LogP contribution in [0.2, 0.25) is 0 Å². The van der Waals surface area contributed by atoms with Crippen LogP contribution in [0.4, 0.5) is 0 Å². The molecule has 28 heavy (non-hydrogen) atoms. The highest BCUT2D eigenvalue weighted by molar-refractivity contribution is 7.89. The van der Waals surface area contributed by atoms with E-state index in [1.165, 1.54) is 12.1 Å². The quantitative estimate of drug-likeness (QED) is 0.541. The van der Waals surface area contributed by atoms with Gasteiger partial charge in [0.25, 0.3) is 5.89 Å². The lowest BCUT2D eigenvalue weighted by Crippen LogP contribution is -2.23. The number of hydrogen-bond acceptors (Lipinski definition) is 6. The standard InChI is InChI=1S/C20H16N4O3S/c25-28(26,22-14-15-6-5-11-21-13-15)18-10-4-9-17(12-18)20-23-19(24-27-20)16-7-2-1-3-8-16/h1-13,22H,14H2. The summed E-state index contributed by atoms with van der Waals surface area (Å²) < 4.78 is 33.1. The monoisotopic (exact) mass is 392 g/mol. The molecule has 2 heterocycles. The highest BCUT2D eigenvalue weighted by Crippen LogP contribution is 2.24. The summed E-state index contributed by atoms with van der Waals surface area (Å²) in [6, 6.07) is 19.4. The van der Waals surface area contributed by atoms with Crippen molar-refractivity contribution in [2.45, 2.75) is 11.4 Å². The maximum Gasteiger partial charge on any atom is 0.258 e. The molecule has 0 aliphatic carbocycles. The van der Waals surface area contributed by atoms with Gasteiger partial charge in [-0.2, -0.15) is 4.98 Å². The summed E-state index contributed by atoms with van der Waals surface area (Å²) in [5.41, 5.74) is 2.12. The molecule has 0 radical (unpaired) electrons. The van der Waals surface area contributed by atoms with Crippen molar-refractivity contribution >= 4 is 10.0 Å². The van der Waals surface area contributed by atoms with Crippen LogP contribution in [0.1, 0.15) is 5.56 Å². The van der Waals surface area contributed by atoms with Crippen LogP contribution in [0.25, 0.3) is 22.8 Å². The van der Waals surface area contributed by atoms with E-state index in [0.717, 1.165) is 11.1 Å². The largest absolute Gasteiger partial charge is 0.334 e. The van der Waals surface area contributed by atoms with Crippen LogP contribution in [0.5, 0.6) is 0 Å². The van der Waals surface area contributed by atoms with Crippen molar-refractivity contribution < 1.29 is 12.9 Å². The van der Waals surface area contributed by atoms with E-state index in [0.29, 0.717) is 11.4 Å². The van der Waals surface area contributed by atoms with Crippen LogP contribution in [-0.2, 0) is 16.6 Å². The fourth-order valence-corrected chi connectivity index (χ4v) is 3.67. The molecule has 0 fully saturated rings. The fraction of sp³-hybridized carbons (Fsp3) is 0.0500. The minimum absolute atomic E-state index is 0.119. The van der Waals surface area contributed by atoms with Gasteiger partial charge in [0.05, 0.1) is 4.90 Å². The van der Waals surface area contributed by atoms with E-state index < -0.39 is 10.0 Å². The van der Waals surface area contributed by atoms with Gasteiger partial charge in [0, 0.05) is 30.1 Å². The molecule has 0 saturated carbocycles. The number of rotatable bonds is 6. The first-order valence-corrected chi connectivity index (χ1v) is 9.98. The van der Waals surface area contributed by atoms with Crippen molar-refractivity contribution in [2.75, 3.05) is 0 Å². The molecular weight excluding hydrogens is 376 g/mol. The van der Waals surface area contributed by atoms with Crippen molar-refractivity contribution in [1.29, 1.82) is 0 Å². The Morgan fingerprint density at radius 1 is 0.929 bits per heavy atom. The molecule has 0 amide bonds. The number of nitrogens with one attached hydrogen (secondary N) is 1. The van der Waals surface area contributed by atoms with E-state index in [4.69, 9.17) is 4.52 Å². The van der Waals surface area contributed by atoms with Crippen molar-refractivity contribution in [3.8, 4) is 22.8 Å². The average Bonchev–Trinajstić information content (AvgIpc) is 3.24. The van der Waals surface area contributed by atoms with E-state index in [9.17, 15) is 8.42 Å². The molecular formula is C20H16N4O3S. The number of sulfonamides is 1. The summed E-state index contributed by atoms with van der Waals surface area (Å²) in [7, 11) is -3.70. The third-order valence-electron chi connectivity index (χ3n) is 4.04. The van der Waals surface area contributed by atoms with Gasteiger partial charge in [0.1, 0.15) is 0 Å². The zero-order chi connectivity index (χ0) is 19.4. The molecule has 8 heteroatoms. The van der Waals surface area contributed by atoms with Crippen LogP contribution in [0.3, 0.4) is 0 Å². The summed E-state index contributed by atoms with van der Waals surface area (Å²) >= 11 is 0. The molecule has 0 atom stereocenters. The fourth-order valence-electron chi connectivity index (χ4n) is 2.61. The zero-order valence-corrected chi connectivity index (χ0v) is 15.5. The summed E-state index contributed by atoms with van der Waals surface area (Å²) in [6.07, 6.45) is 3.25. The molecule has 1 N–H and O–H groups in total. The molecule has 0 aliphatic heterocycles. The average molecular weight is 392 g/mol. The zero-order valence-electron chi connectivity index (χ0n) is 14.7. The Bertz CT molecular complexity index is 1180. The van der Waals surface area contributed by atoms with Gasteiger partial charge < -0.3 is 4.52 Å². The lowest BCUT2D eigenvalue weighted by molar-refractivity contribution is 0.432. The first-order valence-electron chi connectivity index (χ1n) is 8.50. The van der Waals surface area contributed by atoms with Gasteiger partial charge in [-0.3, -0.25) is 4.98 Å². The topological polar surface area (TPSA) is 98.0 Å². The number of hydrogen-bond donors (Lipinski definition) is 1. The Hall–Kier alpha value is -3.36. The first kappa shape index (κ1) is 18.0. The third-order valence-corrected chi connectivity index (χ3v) is 5.44. The van der Waals surface area contributed by atoms with Gasteiger partial charge in [-0.1, -0.05) is 47.6 Å². The van der Waals surface area contributed by atoms with Crippen molar-refractivity contribution in [1.82, 2.24) is 19.8 Å². The smallest absolute Gasteiger partial charge is 0.258 e. The molecule has 0 aliphatic rings. The Morgan fingerprint density at radius 2 is 1.75 bits per heavy atom. The Labute approximate surface area is 162 Å². The highest BCUT2D eigenvalue weighted by Gasteiger charge is 2.17. The maximum atomic E-state index is 12.6. The molecule has 0 unspecified atom stereocenters. The first-order chi connectivity index (χ1) is 13.6. The summed E-state index contributed by atoms with van der Waals surface area (Å²) in [4.78, 5) is 8.46. The SMILES string of the molecule is O=S(=O)(NCc1cccnc1)c1cccc(-c2nc(-c3ccccc3)no2)c1. The van der Waals surface area contributed by atoms with Crippen LogP contribution < -0.4 is 4.72 Å². The number of aromatic nitrogens is 3. The minimum atomic E-state index is -3.70. The van der Waals surface area contributed by atoms with E-state index in [1.807, 2.05) is 30.3 Å². The molecule has 0 spiro atoms. The lowest BCUT2D eigenvalue weighted by atomic mass is 10.2. The van der Waals surface area contributed by atoms with Crippen LogP contribution >= 0.6 is 0 Å². The normalized spacial score (nSPS) is 11.4. The van der Waals surface area contributed by atoms with E-state index >= 15 is 0 Å². The second-order valence-corrected chi connectivity index (χ2v) is 7.77. The van der Waals surface area contributed by atoms with Crippen LogP contribution in [0.15, 0.2) is 88.5 Å². The Kier molecular flexibility index (Phi) is 4.96. The highest BCUT2D eigenvalue weighted by atomic mass is 32.2. The van der Waals surface area contributed by atoms with Gasteiger partial charge in [0.2, 0.25) is 15.8 Å².